The van der Waals surface area contributed by atoms with Crippen LogP contribution in [-0.4, -0.2) is 44.6 Å². The van der Waals surface area contributed by atoms with E-state index in [9.17, 15) is 18.0 Å². The third kappa shape index (κ3) is 5.35. The molecule has 0 radical (unpaired) electrons. The van der Waals surface area contributed by atoms with E-state index < -0.39 is 6.36 Å². The van der Waals surface area contributed by atoms with Gasteiger partial charge in [-0.15, -0.1) is 13.2 Å². The second-order valence-electron chi connectivity index (χ2n) is 5.17. The number of benzene rings is 1. The van der Waals surface area contributed by atoms with Crippen molar-refractivity contribution in [3.05, 3.63) is 42.0 Å². The van der Waals surface area contributed by atoms with Gasteiger partial charge in [0.25, 0.3) is 5.91 Å². The minimum absolute atomic E-state index is 0.307. The first-order chi connectivity index (χ1) is 12.3. The predicted octanol–water partition coefficient (Wildman–Crippen LogP) is 3.07. The fourth-order valence-electron chi connectivity index (χ4n) is 2.20. The molecule has 140 valence electrons. The standard InChI is InChI=1S/C17H18F3N3O3/c1-21-16(24)13-6-7-14(23-15(13)22-8-9-25-2)11-4-3-5-12(10-11)26-17(18,19)20/h3-7,10H,8-9H2,1-2H3,(H,21,24)(H,22,23). The average Bonchev–Trinajstić information content (AvgIpc) is 2.60. The highest BCUT2D eigenvalue weighted by Gasteiger charge is 2.31. The van der Waals surface area contributed by atoms with Gasteiger partial charge in [-0.05, 0) is 24.3 Å². The topological polar surface area (TPSA) is 72.5 Å². The molecule has 1 amide bonds. The fraction of sp³-hybridized carbons (Fsp3) is 0.294. The quantitative estimate of drug-likeness (QED) is 0.734. The van der Waals surface area contributed by atoms with Crippen molar-refractivity contribution in [3.63, 3.8) is 0 Å². The van der Waals surface area contributed by atoms with Gasteiger partial charge in [0, 0.05) is 26.3 Å². The Morgan fingerprint density at radius 2 is 2.00 bits per heavy atom. The van der Waals surface area contributed by atoms with Crippen LogP contribution in [0.5, 0.6) is 5.75 Å². The van der Waals surface area contributed by atoms with Crippen LogP contribution >= 0.6 is 0 Å². The molecule has 1 aromatic carbocycles. The van der Waals surface area contributed by atoms with Crippen molar-refractivity contribution < 1.29 is 27.4 Å². The maximum Gasteiger partial charge on any atom is 0.573 e. The van der Waals surface area contributed by atoms with Gasteiger partial charge < -0.3 is 20.1 Å². The van der Waals surface area contributed by atoms with Crippen LogP contribution in [0.4, 0.5) is 19.0 Å². The van der Waals surface area contributed by atoms with E-state index in [0.717, 1.165) is 0 Å². The van der Waals surface area contributed by atoms with E-state index >= 15 is 0 Å². The number of ether oxygens (including phenoxy) is 2. The Kier molecular flexibility index (Phi) is 6.40. The van der Waals surface area contributed by atoms with E-state index in [-0.39, 0.29) is 11.7 Å². The number of hydrogen-bond donors (Lipinski definition) is 2. The van der Waals surface area contributed by atoms with Crippen molar-refractivity contribution in [2.24, 2.45) is 0 Å². The van der Waals surface area contributed by atoms with Crippen molar-refractivity contribution in [1.29, 1.82) is 0 Å². The molecule has 0 bridgehead atoms. The van der Waals surface area contributed by atoms with Crippen LogP contribution in [0.1, 0.15) is 10.4 Å². The highest BCUT2D eigenvalue weighted by Crippen LogP contribution is 2.28. The first kappa shape index (κ1) is 19.5. The number of hydrogen-bond acceptors (Lipinski definition) is 5. The van der Waals surface area contributed by atoms with Crippen LogP contribution in [-0.2, 0) is 4.74 Å². The summed E-state index contributed by atoms with van der Waals surface area (Å²) in [4.78, 5) is 16.3. The zero-order valence-electron chi connectivity index (χ0n) is 14.2. The van der Waals surface area contributed by atoms with E-state index in [1.54, 1.807) is 18.2 Å². The summed E-state index contributed by atoms with van der Waals surface area (Å²) in [5.41, 5.74) is 1.13. The number of rotatable bonds is 7. The number of carbonyl (C=O) groups excluding carboxylic acids is 1. The molecule has 0 fully saturated rings. The van der Waals surface area contributed by atoms with E-state index in [0.29, 0.717) is 35.8 Å². The van der Waals surface area contributed by atoms with Gasteiger partial charge >= 0.3 is 6.36 Å². The minimum atomic E-state index is -4.78. The Labute approximate surface area is 148 Å². The van der Waals surface area contributed by atoms with Gasteiger partial charge in [0.1, 0.15) is 11.6 Å². The summed E-state index contributed by atoms with van der Waals surface area (Å²) in [7, 11) is 3.03. The zero-order valence-corrected chi connectivity index (χ0v) is 14.2. The molecule has 2 rings (SSSR count). The van der Waals surface area contributed by atoms with Crippen LogP contribution in [0.3, 0.4) is 0 Å². The van der Waals surface area contributed by atoms with Crippen LogP contribution in [0.15, 0.2) is 36.4 Å². The molecule has 2 aromatic rings. The normalized spacial score (nSPS) is 11.1. The molecule has 0 unspecified atom stereocenters. The smallest absolute Gasteiger partial charge is 0.406 e. The molecule has 0 saturated heterocycles. The Hall–Kier alpha value is -2.81. The molecule has 0 aliphatic heterocycles. The molecular weight excluding hydrogens is 351 g/mol. The number of aromatic nitrogens is 1. The molecule has 1 heterocycles. The summed E-state index contributed by atoms with van der Waals surface area (Å²) in [5.74, 6) is -0.375. The van der Waals surface area contributed by atoms with Crippen LogP contribution in [0.25, 0.3) is 11.3 Å². The molecule has 9 heteroatoms. The molecule has 0 saturated carbocycles. The average molecular weight is 369 g/mol. The third-order valence-electron chi connectivity index (χ3n) is 3.33. The van der Waals surface area contributed by atoms with Gasteiger partial charge in [-0.3, -0.25) is 4.79 Å². The second kappa shape index (κ2) is 8.52. The van der Waals surface area contributed by atoms with E-state index in [4.69, 9.17) is 4.74 Å². The number of carbonyl (C=O) groups is 1. The Balaban J connectivity index is 2.36. The minimum Gasteiger partial charge on any atom is -0.406 e. The number of nitrogens with zero attached hydrogens (tertiary/aromatic N) is 1. The molecular formula is C17H18F3N3O3. The Morgan fingerprint density at radius 3 is 2.65 bits per heavy atom. The van der Waals surface area contributed by atoms with Crippen molar-refractivity contribution >= 4 is 11.7 Å². The van der Waals surface area contributed by atoms with Gasteiger partial charge in [0.15, 0.2) is 0 Å². The van der Waals surface area contributed by atoms with E-state index in [1.165, 1.54) is 32.4 Å². The summed E-state index contributed by atoms with van der Waals surface area (Å²) >= 11 is 0. The summed E-state index contributed by atoms with van der Waals surface area (Å²) in [6.45, 7) is 0.808. The maximum absolute atomic E-state index is 12.4. The summed E-state index contributed by atoms with van der Waals surface area (Å²) in [6.07, 6.45) is -4.78. The number of amides is 1. The van der Waals surface area contributed by atoms with E-state index in [2.05, 4.69) is 20.4 Å². The van der Waals surface area contributed by atoms with Crippen LogP contribution in [0, 0.1) is 0 Å². The first-order valence-electron chi connectivity index (χ1n) is 7.66. The van der Waals surface area contributed by atoms with Crippen molar-refractivity contribution in [1.82, 2.24) is 10.3 Å². The SMILES string of the molecule is CNC(=O)c1ccc(-c2cccc(OC(F)(F)F)c2)nc1NCCOC. The summed E-state index contributed by atoms with van der Waals surface area (Å²) in [5, 5.41) is 5.50. The van der Waals surface area contributed by atoms with Gasteiger partial charge in [-0.1, -0.05) is 12.1 Å². The first-order valence-corrected chi connectivity index (χ1v) is 7.66. The predicted molar refractivity (Wildman–Crippen MR) is 90.1 cm³/mol. The highest BCUT2D eigenvalue weighted by atomic mass is 19.4. The highest BCUT2D eigenvalue weighted by molar-refractivity contribution is 5.99. The molecule has 6 nitrogen and oxygen atoms in total. The Bertz CT molecular complexity index is 766. The van der Waals surface area contributed by atoms with Gasteiger partial charge in [-0.25, -0.2) is 4.98 Å². The molecule has 0 spiro atoms. The monoisotopic (exact) mass is 369 g/mol. The molecule has 26 heavy (non-hydrogen) atoms. The van der Waals surface area contributed by atoms with Crippen molar-refractivity contribution in [3.8, 4) is 17.0 Å². The lowest BCUT2D eigenvalue weighted by atomic mass is 10.1. The summed E-state index contributed by atoms with van der Waals surface area (Å²) in [6, 6.07) is 8.57. The number of alkyl halides is 3. The molecule has 1 aromatic heterocycles. The lowest BCUT2D eigenvalue weighted by Crippen LogP contribution is -2.21. The maximum atomic E-state index is 12.4. The van der Waals surface area contributed by atoms with Gasteiger partial charge in [-0.2, -0.15) is 0 Å². The number of halogens is 3. The second-order valence-corrected chi connectivity index (χ2v) is 5.17. The lowest BCUT2D eigenvalue weighted by molar-refractivity contribution is -0.274. The largest absolute Gasteiger partial charge is 0.573 e. The van der Waals surface area contributed by atoms with Crippen molar-refractivity contribution in [2.45, 2.75) is 6.36 Å². The fourth-order valence-corrected chi connectivity index (χ4v) is 2.20. The van der Waals surface area contributed by atoms with Crippen LogP contribution < -0.4 is 15.4 Å². The molecule has 0 aliphatic carbocycles. The van der Waals surface area contributed by atoms with Crippen molar-refractivity contribution in [2.75, 3.05) is 32.6 Å². The Morgan fingerprint density at radius 1 is 1.23 bits per heavy atom. The van der Waals surface area contributed by atoms with E-state index in [1.807, 2.05) is 0 Å². The number of anilines is 1. The van der Waals surface area contributed by atoms with Crippen LogP contribution in [0.2, 0.25) is 0 Å². The molecule has 0 aliphatic rings. The van der Waals surface area contributed by atoms with Gasteiger partial charge in [0.2, 0.25) is 0 Å². The zero-order chi connectivity index (χ0) is 19.2. The molecule has 2 N–H and O–H groups in total. The number of methoxy groups -OCH3 is 1. The lowest BCUT2D eigenvalue weighted by Gasteiger charge is -2.13. The summed E-state index contributed by atoms with van der Waals surface area (Å²) < 4.78 is 46.0. The van der Waals surface area contributed by atoms with Gasteiger partial charge in [0.05, 0.1) is 17.9 Å². The number of pyridine rings is 1. The number of nitrogens with one attached hydrogen (secondary N) is 2. The third-order valence-corrected chi connectivity index (χ3v) is 3.33. The molecule has 0 atom stereocenters.